The van der Waals surface area contributed by atoms with Crippen LogP contribution in [0.1, 0.15) is 25.2 Å². The minimum Gasteiger partial charge on any atom is -0.462 e. The van der Waals surface area contributed by atoms with E-state index in [2.05, 4.69) is 10.3 Å². The zero-order valence-electron chi connectivity index (χ0n) is 16.7. The van der Waals surface area contributed by atoms with Gasteiger partial charge >= 0.3 is 5.97 Å². The van der Waals surface area contributed by atoms with Crippen LogP contribution in [0.3, 0.4) is 0 Å². The molecular weight excluding hydrogens is 366 g/mol. The zero-order valence-corrected chi connectivity index (χ0v) is 16.7. The number of esters is 1. The molecular formula is C23H25N3O3. The summed E-state index contributed by atoms with van der Waals surface area (Å²) < 4.78 is 7.13. The number of carbonyl (C=O) groups excluding carboxylic acids is 2. The van der Waals surface area contributed by atoms with Crippen LogP contribution in [-0.4, -0.2) is 34.1 Å². The van der Waals surface area contributed by atoms with E-state index in [9.17, 15) is 9.59 Å². The predicted molar refractivity (Wildman–Crippen MR) is 113 cm³/mol. The van der Waals surface area contributed by atoms with Gasteiger partial charge in [-0.2, -0.15) is 0 Å². The molecule has 6 nitrogen and oxygen atoms in total. The second-order valence-corrected chi connectivity index (χ2v) is 6.93. The Balaban J connectivity index is 1.64. The molecule has 6 heteroatoms. The van der Waals surface area contributed by atoms with Crippen molar-refractivity contribution < 1.29 is 14.3 Å². The largest absolute Gasteiger partial charge is 0.462 e. The van der Waals surface area contributed by atoms with Crippen LogP contribution in [0, 0.1) is 0 Å². The van der Waals surface area contributed by atoms with Gasteiger partial charge in [-0.15, -0.1) is 0 Å². The van der Waals surface area contributed by atoms with Gasteiger partial charge in [0.25, 0.3) is 0 Å². The SMILES string of the molecule is CC(C)OC(=O)Cn1c(CCNC(=O)/C=C/c2ccccc2)nc2ccccc21. The summed E-state index contributed by atoms with van der Waals surface area (Å²) in [5.41, 5.74) is 2.65. The van der Waals surface area contributed by atoms with Crippen LogP contribution in [0.5, 0.6) is 0 Å². The quantitative estimate of drug-likeness (QED) is 0.472. The highest BCUT2D eigenvalue weighted by atomic mass is 16.5. The molecule has 1 heterocycles. The number of fused-ring (bicyclic) bond motifs is 1. The van der Waals surface area contributed by atoms with Gasteiger partial charge in [0, 0.05) is 19.0 Å². The maximum absolute atomic E-state index is 12.2. The van der Waals surface area contributed by atoms with E-state index < -0.39 is 0 Å². The van der Waals surface area contributed by atoms with Gasteiger partial charge in [0.05, 0.1) is 17.1 Å². The Hall–Kier alpha value is -3.41. The number of hydrogen-bond donors (Lipinski definition) is 1. The summed E-state index contributed by atoms with van der Waals surface area (Å²) in [6.07, 6.45) is 3.62. The van der Waals surface area contributed by atoms with E-state index in [1.54, 1.807) is 6.08 Å². The van der Waals surface area contributed by atoms with E-state index in [4.69, 9.17) is 4.74 Å². The fourth-order valence-electron chi connectivity index (χ4n) is 3.01. The van der Waals surface area contributed by atoms with Crippen LogP contribution in [0.15, 0.2) is 60.7 Å². The molecule has 3 rings (SSSR count). The first kappa shape index (κ1) is 20.3. The number of benzene rings is 2. The number of nitrogens with zero attached hydrogens (tertiary/aromatic N) is 2. The first-order valence-electron chi connectivity index (χ1n) is 9.67. The first-order chi connectivity index (χ1) is 14.0. The van der Waals surface area contributed by atoms with Crippen LogP contribution in [0.2, 0.25) is 0 Å². The Morgan fingerprint density at radius 2 is 1.83 bits per heavy atom. The second-order valence-electron chi connectivity index (χ2n) is 6.93. The van der Waals surface area contributed by atoms with Crippen LogP contribution < -0.4 is 5.32 Å². The van der Waals surface area contributed by atoms with Crippen LogP contribution in [-0.2, 0) is 27.3 Å². The minimum atomic E-state index is -0.306. The van der Waals surface area contributed by atoms with Crippen molar-refractivity contribution in [3.05, 3.63) is 72.1 Å². The number of nitrogens with one attached hydrogen (secondary N) is 1. The van der Waals surface area contributed by atoms with Gasteiger partial charge < -0.3 is 14.6 Å². The zero-order chi connectivity index (χ0) is 20.6. The summed E-state index contributed by atoms with van der Waals surface area (Å²) in [4.78, 5) is 28.9. The highest BCUT2D eigenvalue weighted by Gasteiger charge is 2.15. The van der Waals surface area contributed by atoms with Gasteiger partial charge in [-0.1, -0.05) is 42.5 Å². The van der Waals surface area contributed by atoms with Gasteiger partial charge in [-0.05, 0) is 37.6 Å². The fourth-order valence-corrected chi connectivity index (χ4v) is 3.01. The summed E-state index contributed by atoms with van der Waals surface area (Å²) in [5.74, 6) is 0.259. The minimum absolute atomic E-state index is 0.0931. The fraction of sp³-hybridized carbons (Fsp3) is 0.261. The molecule has 2 aromatic carbocycles. The summed E-state index contributed by atoms with van der Waals surface area (Å²) in [7, 11) is 0. The lowest BCUT2D eigenvalue weighted by atomic mass is 10.2. The average Bonchev–Trinajstić information content (AvgIpc) is 3.04. The van der Waals surface area contributed by atoms with Crippen molar-refractivity contribution in [2.24, 2.45) is 0 Å². The molecule has 29 heavy (non-hydrogen) atoms. The Kier molecular flexibility index (Phi) is 6.79. The van der Waals surface area contributed by atoms with Crippen molar-refractivity contribution in [3.8, 4) is 0 Å². The molecule has 0 saturated heterocycles. The highest BCUT2D eigenvalue weighted by molar-refractivity contribution is 5.91. The topological polar surface area (TPSA) is 73.2 Å². The molecule has 1 amide bonds. The van der Waals surface area contributed by atoms with Gasteiger partial charge in [0.15, 0.2) is 0 Å². The van der Waals surface area contributed by atoms with E-state index in [1.807, 2.05) is 73.0 Å². The number of amides is 1. The standard InChI is InChI=1S/C23H25N3O3/c1-17(2)29-23(28)16-26-20-11-7-6-10-19(20)25-21(26)14-15-24-22(27)13-12-18-8-4-3-5-9-18/h3-13,17H,14-16H2,1-2H3,(H,24,27)/b13-12+. The number of rotatable bonds is 8. The molecule has 0 aliphatic heterocycles. The Labute approximate surface area is 170 Å². The van der Waals surface area contributed by atoms with E-state index in [0.717, 1.165) is 22.4 Å². The van der Waals surface area contributed by atoms with E-state index in [0.29, 0.717) is 13.0 Å². The predicted octanol–water partition coefficient (Wildman–Crippen LogP) is 3.36. The molecule has 0 aliphatic carbocycles. The van der Waals surface area contributed by atoms with Crippen molar-refractivity contribution in [1.29, 1.82) is 0 Å². The number of carbonyl (C=O) groups is 2. The molecule has 0 saturated carbocycles. The first-order valence-corrected chi connectivity index (χ1v) is 9.67. The van der Waals surface area contributed by atoms with Crippen molar-refractivity contribution >= 4 is 29.0 Å². The molecule has 0 aliphatic rings. The lowest BCUT2D eigenvalue weighted by molar-refractivity contribution is -0.148. The molecule has 150 valence electrons. The maximum atomic E-state index is 12.2. The van der Waals surface area contributed by atoms with Crippen molar-refractivity contribution in [1.82, 2.24) is 14.9 Å². The third kappa shape index (κ3) is 5.78. The molecule has 0 bridgehead atoms. The summed E-state index contributed by atoms with van der Waals surface area (Å²) in [6.45, 7) is 4.16. The van der Waals surface area contributed by atoms with Gasteiger partial charge in [0.1, 0.15) is 12.4 Å². The highest BCUT2D eigenvalue weighted by Crippen LogP contribution is 2.16. The number of ether oxygens (including phenoxy) is 1. The third-order valence-corrected chi connectivity index (χ3v) is 4.26. The molecule has 3 aromatic rings. The van der Waals surface area contributed by atoms with Crippen LogP contribution in [0.4, 0.5) is 0 Å². The molecule has 1 N–H and O–H groups in total. The smallest absolute Gasteiger partial charge is 0.326 e. The lowest BCUT2D eigenvalue weighted by Gasteiger charge is -2.11. The number of hydrogen-bond acceptors (Lipinski definition) is 4. The van der Waals surface area contributed by atoms with Crippen LogP contribution in [0.25, 0.3) is 17.1 Å². The number of aromatic nitrogens is 2. The van der Waals surface area contributed by atoms with Crippen molar-refractivity contribution in [2.45, 2.75) is 32.9 Å². The van der Waals surface area contributed by atoms with E-state index >= 15 is 0 Å². The van der Waals surface area contributed by atoms with Crippen molar-refractivity contribution in [2.75, 3.05) is 6.54 Å². The normalized spacial score (nSPS) is 11.3. The van der Waals surface area contributed by atoms with E-state index in [-0.39, 0.29) is 24.5 Å². The Bertz CT molecular complexity index is 1010. The Morgan fingerprint density at radius 1 is 1.10 bits per heavy atom. The number of para-hydroxylation sites is 2. The average molecular weight is 391 g/mol. The second kappa shape index (κ2) is 9.68. The summed E-state index contributed by atoms with van der Waals surface area (Å²) in [5, 5.41) is 2.86. The Morgan fingerprint density at radius 3 is 2.59 bits per heavy atom. The maximum Gasteiger partial charge on any atom is 0.326 e. The van der Waals surface area contributed by atoms with E-state index in [1.165, 1.54) is 6.08 Å². The molecule has 0 spiro atoms. The third-order valence-electron chi connectivity index (χ3n) is 4.26. The number of imidazole rings is 1. The van der Waals surface area contributed by atoms with Gasteiger partial charge in [0.2, 0.25) is 5.91 Å². The molecule has 0 radical (unpaired) electrons. The van der Waals surface area contributed by atoms with Gasteiger partial charge in [-0.3, -0.25) is 9.59 Å². The van der Waals surface area contributed by atoms with Crippen LogP contribution >= 0.6 is 0 Å². The van der Waals surface area contributed by atoms with Crippen molar-refractivity contribution in [3.63, 3.8) is 0 Å². The summed E-state index contributed by atoms with van der Waals surface area (Å²) in [6, 6.07) is 17.3. The molecule has 1 aromatic heterocycles. The monoisotopic (exact) mass is 391 g/mol. The lowest BCUT2D eigenvalue weighted by Crippen LogP contribution is -2.25. The molecule has 0 fully saturated rings. The molecule has 0 atom stereocenters. The van der Waals surface area contributed by atoms with Gasteiger partial charge in [-0.25, -0.2) is 4.98 Å². The summed E-state index contributed by atoms with van der Waals surface area (Å²) >= 11 is 0. The molecule has 0 unspecified atom stereocenters.